The minimum absolute atomic E-state index is 0.255. The highest BCUT2D eigenvalue weighted by molar-refractivity contribution is 7.81. The van der Waals surface area contributed by atoms with E-state index in [0.29, 0.717) is 37.8 Å². The number of ether oxygens (including phenoxy) is 2. The van der Waals surface area contributed by atoms with Gasteiger partial charge in [-0.15, -0.1) is 0 Å². The van der Waals surface area contributed by atoms with E-state index in [1.165, 1.54) is 0 Å². The molecule has 0 saturated carbocycles. The van der Waals surface area contributed by atoms with Gasteiger partial charge in [-0.25, -0.2) is 4.79 Å². The SMILES string of the molecule is CCOC(=O)N1CCN(C(=S)/C(=C/N2CCOCC2)c2ccc(Cl)cc2)CC1. The van der Waals surface area contributed by atoms with Crippen LogP contribution >= 0.6 is 23.8 Å². The molecule has 2 aliphatic heterocycles. The Balaban J connectivity index is 1.74. The second-order valence-electron chi connectivity index (χ2n) is 6.68. The highest BCUT2D eigenvalue weighted by Gasteiger charge is 2.25. The lowest BCUT2D eigenvalue weighted by molar-refractivity contribution is 0.0596. The molecular weight excluding hydrogens is 398 g/mol. The van der Waals surface area contributed by atoms with Gasteiger partial charge in [-0.05, 0) is 24.6 Å². The topological polar surface area (TPSA) is 45.2 Å². The molecule has 0 bridgehead atoms. The summed E-state index contributed by atoms with van der Waals surface area (Å²) in [5.74, 6) is 0. The summed E-state index contributed by atoms with van der Waals surface area (Å²) in [7, 11) is 0. The first-order valence-corrected chi connectivity index (χ1v) is 10.4. The molecule has 2 saturated heterocycles. The third kappa shape index (κ3) is 5.37. The fourth-order valence-electron chi connectivity index (χ4n) is 3.25. The molecule has 28 heavy (non-hydrogen) atoms. The molecule has 0 aliphatic carbocycles. The third-order valence-electron chi connectivity index (χ3n) is 4.84. The van der Waals surface area contributed by atoms with Crippen LogP contribution in [0.5, 0.6) is 0 Å². The van der Waals surface area contributed by atoms with Crippen molar-refractivity contribution >= 4 is 40.5 Å². The number of benzene rings is 1. The predicted molar refractivity (Wildman–Crippen MR) is 115 cm³/mol. The highest BCUT2D eigenvalue weighted by atomic mass is 35.5. The summed E-state index contributed by atoms with van der Waals surface area (Å²) in [6.07, 6.45) is 1.88. The van der Waals surface area contributed by atoms with E-state index in [1.807, 2.05) is 31.2 Å². The van der Waals surface area contributed by atoms with Gasteiger partial charge in [0.25, 0.3) is 0 Å². The van der Waals surface area contributed by atoms with E-state index in [2.05, 4.69) is 16.0 Å². The Morgan fingerprint density at radius 3 is 2.32 bits per heavy atom. The van der Waals surface area contributed by atoms with Gasteiger partial charge in [0.1, 0.15) is 4.99 Å². The van der Waals surface area contributed by atoms with Crippen molar-refractivity contribution in [1.29, 1.82) is 0 Å². The molecule has 2 aliphatic rings. The fraction of sp³-hybridized carbons (Fsp3) is 0.500. The zero-order valence-electron chi connectivity index (χ0n) is 16.1. The molecule has 0 N–H and O–H groups in total. The number of morpholine rings is 1. The van der Waals surface area contributed by atoms with Crippen LogP contribution in [0.4, 0.5) is 4.79 Å². The minimum Gasteiger partial charge on any atom is -0.450 e. The average molecular weight is 424 g/mol. The third-order valence-corrected chi connectivity index (χ3v) is 5.57. The monoisotopic (exact) mass is 423 g/mol. The van der Waals surface area contributed by atoms with Gasteiger partial charge in [0.05, 0.1) is 19.8 Å². The van der Waals surface area contributed by atoms with E-state index in [-0.39, 0.29) is 6.09 Å². The number of carbonyl (C=O) groups is 1. The van der Waals surface area contributed by atoms with Crippen molar-refractivity contribution in [1.82, 2.24) is 14.7 Å². The van der Waals surface area contributed by atoms with Gasteiger partial charge in [0, 0.05) is 56.1 Å². The molecule has 0 radical (unpaired) electrons. The summed E-state index contributed by atoms with van der Waals surface area (Å²) in [6, 6.07) is 7.75. The Bertz CT molecular complexity index is 712. The van der Waals surface area contributed by atoms with Crippen molar-refractivity contribution in [2.45, 2.75) is 6.92 Å². The molecule has 2 heterocycles. The van der Waals surface area contributed by atoms with E-state index in [1.54, 1.807) is 4.90 Å². The van der Waals surface area contributed by atoms with Crippen LogP contribution < -0.4 is 0 Å². The quantitative estimate of drug-likeness (QED) is 0.547. The summed E-state index contributed by atoms with van der Waals surface area (Å²) >= 11 is 11.9. The number of amides is 1. The maximum atomic E-state index is 11.9. The standard InChI is InChI=1S/C20H26ClN3O3S/c1-2-27-20(25)24-9-7-23(8-10-24)19(28)18(15-22-11-13-26-14-12-22)16-3-5-17(21)6-4-16/h3-6,15H,2,7-14H2,1H3/b18-15+. The first-order valence-electron chi connectivity index (χ1n) is 9.59. The number of carbonyl (C=O) groups excluding carboxylic acids is 1. The van der Waals surface area contributed by atoms with Crippen LogP contribution in [-0.2, 0) is 9.47 Å². The number of hydrogen-bond acceptors (Lipinski definition) is 5. The summed E-state index contributed by atoms with van der Waals surface area (Å²) in [5, 5.41) is 0.698. The number of halogens is 1. The lowest BCUT2D eigenvalue weighted by Crippen LogP contribution is -2.50. The van der Waals surface area contributed by atoms with Crippen molar-refractivity contribution in [3.63, 3.8) is 0 Å². The van der Waals surface area contributed by atoms with Crippen LogP contribution in [0.2, 0.25) is 5.02 Å². The van der Waals surface area contributed by atoms with E-state index in [0.717, 1.165) is 42.4 Å². The van der Waals surface area contributed by atoms with Gasteiger partial charge in [-0.3, -0.25) is 0 Å². The molecule has 0 atom stereocenters. The van der Waals surface area contributed by atoms with Crippen LogP contribution in [0.25, 0.3) is 5.57 Å². The van der Waals surface area contributed by atoms with Crippen LogP contribution in [0.15, 0.2) is 30.5 Å². The maximum Gasteiger partial charge on any atom is 0.409 e. The second-order valence-corrected chi connectivity index (χ2v) is 7.50. The molecule has 3 rings (SSSR count). The summed E-state index contributed by atoms with van der Waals surface area (Å²) < 4.78 is 10.6. The molecule has 8 heteroatoms. The Morgan fingerprint density at radius 1 is 1.11 bits per heavy atom. The average Bonchev–Trinajstić information content (AvgIpc) is 2.73. The van der Waals surface area contributed by atoms with E-state index >= 15 is 0 Å². The summed E-state index contributed by atoms with van der Waals surface area (Å²) in [4.78, 5) is 18.9. The number of hydrogen-bond donors (Lipinski definition) is 0. The van der Waals surface area contributed by atoms with Crippen molar-refractivity contribution in [2.24, 2.45) is 0 Å². The van der Waals surface area contributed by atoms with Gasteiger partial charge in [-0.2, -0.15) is 0 Å². The first-order chi connectivity index (χ1) is 13.6. The van der Waals surface area contributed by atoms with Gasteiger partial charge < -0.3 is 24.2 Å². The van der Waals surface area contributed by atoms with E-state index in [4.69, 9.17) is 33.3 Å². The Labute approximate surface area is 176 Å². The molecule has 152 valence electrons. The molecular formula is C20H26ClN3O3S. The fourth-order valence-corrected chi connectivity index (χ4v) is 3.73. The Morgan fingerprint density at radius 2 is 1.71 bits per heavy atom. The van der Waals surface area contributed by atoms with Crippen LogP contribution in [-0.4, -0.2) is 84.9 Å². The molecule has 0 spiro atoms. The van der Waals surface area contributed by atoms with Crippen molar-refractivity contribution in [3.8, 4) is 0 Å². The van der Waals surface area contributed by atoms with Gasteiger partial charge in [-0.1, -0.05) is 36.0 Å². The van der Waals surface area contributed by atoms with Gasteiger partial charge >= 0.3 is 6.09 Å². The van der Waals surface area contributed by atoms with Crippen molar-refractivity contribution < 1.29 is 14.3 Å². The Kier molecular flexibility index (Phi) is 7.53. The van der Waals surface area contributed by atoms with Crippen molar-refractivity contribution in [2.75, 3.05) is 59.1 Å². The van der Waals surface area contributed by atoms with Crippen LogP contribution in [0.1, 0.15) is 12.5 Å². The number of nitrogens with zero attached hydrogens (tertiary/aromatic N) is 3. The normalized spacial score (nSPS) is 18.2. The number of rotatable bonds is 4. The zero-order chi connectivity index (χ0) is 19.9. The van der Waals surface area contributed by atoms with E-state index in [9.17, 15) is 4.79 Å². The predicted octanol–water partition coefficient (Wildman–Crippen LogP) is 3.11. The van der Waals surface area contributed by atoms with E-state index < -0.39 is 0 Å². The molecule has 0 unspecified atom stereocenters. The number of piperazine rings is 1. The summed E-state index contributed by atoms with van der Waals surface area (Å²) in [6.45, 7) is 7.90. The van der Waals surface area contributed by atoms with Crippen LogP contribution in [0.3, 0.4) is 0 Å². The molecule has 6 nitrogen and oxygen atoms in total. The van der Waals surface area contributed by atoms with Gasteiger partial charge in [0.15, 0.2) is 0 Å². The molecule has 0 aromatic heterocycles. The zero-order valence-corrected chi connectivity index (χ0v) is 17.7. The largest absolute Gasteiger partial charge is 0.450 e. The first kappa shape index (κ1) is 20.9. The smallest absolute Gasteiger partial charge is 0.409 e. The molecule has 1 aromatic rings. The maximum absolute atomic E-state index is 11.9. The minimum atomic E-state index is -0.255. The Hall–Kier alpha value is -1.83. The number of thiocarbonyl (C=S) groups is 1. The molecule has 1 aromatic carbocycles. The second kappa shape index (κ2) is 10.1. The molecule has 2 fully saturated rings. The highest BCUT2D eigenvalue weighted by Crippen LogP contribution is 2.23. The summed E-state index contributed by atoms with van der Waals surface area (Å²) in [5.41, 5.74) is 2.03. The molecule has 1 amide bonds. The lowest BCUT2D eigenvalue weighted by Gasteiger charge is -2.36. The lowest BCUT2D eigenvalue weighted by atomic mass is 10.1. The van der Waals surface area contributed by atoms with Crippen LogP contribution in [0, 0.1) is 0 Å². The van der Waals surface area contributed by atoms with Crippen molar-refractivity contribution in [3.05, 3.63) is 41.1 Å². The van der Waals surface area contributed by atoms with Gasteiger partial charge in [0.2, 0.25) is 0 Å².